The number of hydrogen-bond donors (Lipinski definition) is 2. The zero-order chi connectivity index (χ0) is 12.1. The Morgan fingerprint density at radius 1 is 1.29 bits per heavy atom. The molecule has 0 radical (unpaired) electrons. The number of aromatic nitrogens is 3. The van der Waals surface area contributed by atoms with Crippen LogP contribution in [0.5, 0.6) is 0 Å². The molecule has 2 N–H and O–H groups in total. The van der Waals surface area contributed by atoms with Gasteiger partial charge in [0.25, 0.3) is 5.91 Å². The lowest BCUT2D eigenvalue weighted by Gasteiger charge is -2.04. The topological polar surface area (TPSA) is 70.7 Å². The molecule has 0 aliphatic rings. The zero-order valence-corrected chi connectivity index (χ0v) is 9.60. The number of aryl methyl sites for hydroxylation is 1. The molecule has 17 heavy (non-hydrogen) atoms. The van der Waals surface area contributed by atoms with Crippen LogP contribution in [0.1, 0.15) is 28.5 Å². The normalized spacial score (nSPS) is 10.2. The van der Waals surface area contributed by atoms with E-state index < -0.39 is 0 Å². The highest BCUT2D eigenvalue weighted by Gasteiger charge is 2.07. The minimum atomic E-state index is -0.224. The van der Waals surface area contributed by atoms with Gasteiger partial charge >= 0.3 is 0 Å². The van der Waals surface area contributed by atoms with Crippen molar-refractivity contribution in [2.24, 2.45) is 0 Å². The van der Waals surface area contributed by atoms with Crippen LogP contribution in [-0.2, 0) is 13.0 Å². The van der Waals surface area contributed by atoms with Crippen molar-refractivity contribution >= 4 is 5.91 Å². The second-order valence-corrected chi connectivity index (χ2v) is 3.71. The van der Waals surface area contributed by atoms with Crippen LogP contribution in [0.4, 0.5) is 0 Å². The van der Waals surface area contributed by atoms with Crippen LogP contribution in [0.15, 0.2) is 30.5 Å². The lowest BCUT2D eigenvalue weighted by Crippen LogP contribution is -2.23. The molecular formula is C12H14N4O. The first-order chi connectivity index (χ1) is 8.29. The molecule has 2 aromatic rings. The highest BCUT2D eigenvalue weighted by atomic mass is 16.1. The summed E-state index contributed by atoms with van der Waals surface area (Å²) in [6, 6.07) is 8.17. The lowest BCUT2D eigenvalue weighted by molar-refractivity contribution is 0.0946. The molecule has 0 fully saturated rings. The lowest BCUT2D eigenvalue weighted by atomic mass is 10.1. The van der Waals surface area contributed by atoms with Gasteiger partial charge in [0, 0.05) is 6.54 Å². The fourth-order valence-corrected chi connectivity index (χ4v) is 1.48. The second kappa shape index (κ2) is 5.25. The monoisotopic (exact) mass is 230 g/mol. The third-order valence-corrected chi connectivity index (χ3v) is 2.53. The van der Waals surface area contributed by atoms with Crippen molar-refractivity contribution in [1.29, 1.82) is 0 Å². The van der Waals surface area contributed by atoms with Crippen molar-refractivity contribution in [3.63, 3.8) is 0 Å². The van der Waals surface area contributed by atoms with E-state index in [1.54, 1.807) is 0 Å². The minimum absolute atomic E-state index is 0.224. The van der Waals surface area contributed by atoms with Gasteiger partial charge in [-0.2, -0.15) is 15.4 Å². The van der Waals surface area contributed by atoms with E-state index in [9.17, 15) is 4.79 Å². The molecule has 0 spiro atoms. The van der Waals surface area contributed by atoms with Gasteiger partial charge < -0.3 is 5.32 Å². The highest BCUT2D eigenvalue weighted by molar-refractivity contribution is 5.91. The summed E-state index contributed by atoms with van der Waals surface area (Å²) in [6.45, 7) is 2.61. The quantitative estimate of drug-likeness (QED) is 0.831. The van der Waals surface area contributed by atoms with Crippen LogP contribution in [-0.4, -0.2) is 21.3 Å². The van der Waals surface area contributed by atoms with E-state index in [1.807, 2.05) is 12.1 Å². The van der Waals surface area contributed by atoms with Crippen LogP contribution in [0.3, 0.4) is 0 Å². The third kappa shape index (κ3) is 2.90. The summed E-state index contributed by atoms with van der Waals surface area (Å²) in [5, 5.41) is 12.5. The number of amides is 1. The van der Waals surface area contributed by atoms with E-state index in [0.29, 0.717) is 12.2 Å². The molecule has 0 saturated carbocycles. The summed E-state index contributed by atoms with van der Waals surface area (Å²) >= 11 is 0. The number of nitrogens with one attached hydrogen (secondary N) is 2. The number of H-pyrrole nitrogens is 1. The van der Waals surface area contributed by atoms with Crippen molar-refractivity contribution in [3.8, 4) is 0 Å². The Hall–Kier alpha value is -2.17. The van der Waals surface area contributed by atoms with Crippen LogP contribution in [0.2, 0.25) is 0 Å². The maximum absolute atomic E-state index is 11.6. The average Bonchev–Trinajstić information content (AvgIpc) is 2.90. The molecule has 2 rings (SSSR count). The fourth-order valence-electron chi connectivity index (χ4n) is 1.48. The van der Waals surface area contributed by atoms with Crippen LogP contribution >= 0.6 is 0 Å². The number of carbonyl (C=O) groups is 1. The van der Waals surface area contributed by atoms with Crippen LogP contribution in [0, 0.1) is 0 Å². The van der Waals surface area contributed by atoms with Gasteiger partial charge in [-0.1, -0.05) is 31.2 Å². The molecule has 1 amide bonds. The molecular weight excluding hydrogens is 216 g/mol. The zero-order valence-electron chi connectivity index (χ0n) is 9.60. The van der Waals surface area contributed by atoms with Crippen molar-refractivity contribution < 1.29 is 4.79 Å². The Balaban J connectivity index is 1.91. The van der Waals surface area contributed by atoms with Gasteiger partial charge in [-0.25, -0.2) is 0 Å². The summed E-state index contributed by atoms with van der Waals surface area (Å²) in [7, 11) is 0. The number of carbonyl (C=O) groups excluding carboxylic acids is 1. The Kier molecular flexibility index (Phi) is 3.49. The van der Waals surface area contributed by atoms with Gasteiger partial charge in [-0.05, 0) is 17.5 Å². The number of hydrogen-bond acceptors (Lipinski definition) is 3. The van der Waals surface area contributed by atoms with Crippen LogP contribution in [0.25, 0.3) is 0 Å². The first-order valence-electron chi connectivity index (χ1n) is 5.51. The number of aromatic amines is 1. The van der Waals surface area contributed by atoms with E-state index in [0.717, 1.165) is 12.0 Å². The molecule has 88 valence electrons. The molecule has 1 heterocycles. The van der Waals surface area contributed by atoms with Gasteiger partial charge in [0.1, 0.15) is 0 Å². The largest absolute Gasteiger partial charge is 0.347 e. The van der Waals surface area contributed by atoms with Crippen molar-refractivity contribution in [2.45, 2.75) is 19.9 Å². The summed E-state index contributed by atoms with van der Waals surface area (Å²) in [4.78, 5) is 11.6. The predicted molar refractivity (Wildman–Crippen MR) is 63.4 cm³/mol. The Morgan fingerprint density at radius 2 is 2.00 bits per heavy atom. The first kappa shape index (κ1) is 11.3. The van der Waals surface area contributed by atoms with Gasteiger partial charge in [0.15, 0.2) is 5.69 Å². The predicted octanol–water partition coefficient (Wildman–Crippen LogP) is 1.30. The molecule has 0 bridgehead atoms. The van der Waals surface area contributed by atoms with Crippen molar-refractivity contribution in [1.82, 2.24) is 20.7 Å². The maximum Gasteiger partial charge on any atom is 0.273 e. The summed E-state index contributed by atoms with van der Waals surface area (Å²) in [5.74, 6) is -0.224. The van der Waals surface area contributed by atoms with Crippen molar-refractivity contribution in [3.05, 3.63) is 47.3 Å². The summed E-state index contributed by atoms with van der Waals surface area (Å²) in [6.07, 6.45) is 2.42. The Morgan fingerprint density at radius 3 is 2.59 bits per heavy atom. The maximum atomic E-state index is 11.6. The number of benzene rings is 1. The van der Waals surface area contributed by atoms with E-state index >= 15 is 0 Å². The van der Waals surface area contributed by atoms with Crippen molar-refractivity contribution in [2.75, 3.05) is 0 Å². The smallest absolute Gasteiger partial charge is 0.273 e. The molecule has 0 aliphatic heterocycles. The molecule has 5 nitrogen and oxygen atoms in total. The highest BCUT2D eigenvalue weighted by Crippen LogP contribution is 2.04. The van der Waals surface area contributed by atoms with Gasteiger partial charge in [-0.3, -0.25) is 4.79 Å². The fraction of sp³-hybridized carbons (Fsp3) is 0.250. The minimum Gasteiger partial charge on any atom is -0.347 e. The molecule has 0 aliphatic carbocycles. The molecule has 0 saturated heterocycles. The van der Waals surface area contributed by atoms with E-state index in [4.69, 9.17) is 0 Å². The van der Waals surface area contributed by atoms with Gasteiger partial charge in [-0.15, -0.1) is 0 Å². The van der Waals surface area contributed by atoms with E-state index in [1.165, 1.54) is 11.8 Å². The summed E-state index contributed by atoms with van der Waals surface area (Å²) < 4.78 is 0. The molecule has 0 unspecified atom stereocenters. The molecule has 1 aromatic heterocycles. The Bertz CT molecular complexity index is 476. The van der Waals surface area contributed by atoms with E-state index in [-0.39, 0.29) is 5.91 Å². The van der Waals surface area contributed by atoms with Gasteiger partial charge in [0.05, 0.1) is 6.20 Å². The third-order valence-electron chi connectivity index (χ3n) is 2.53. The average molecular weight is 230 g/mol. The first-order valence-corrected chi connectivity index (χ1v) is 5.51. The number of rotatable bonds is 4. The second-order valence-electron chi connectivity index (χ2n) is 3.71. The molecule has 5 heteroatoms. The Labute approximate surface area is 99.2 Å². The SMILES string of the molecule is CCc1ccc(CNC(=O)c2cn[nH]n2)cc1. The van der Waals surface area contributed by atoms with E-state index in [2.05, 4.69) is 39.8 Å². The van der Waals surface area contributed by atoms with Crippen LogP contribution < -0.4 is 5.32 Å². The van der Waals surface area contributed by atoms with Gasteiger partial charge in [0.2, 0.25) is 0 Å². The molecule has 0 atom stereocenters. The molecule has 1 aromatic carbocycles. The standard InChI is InChI=1S/C12H14N4O/c1-2-9-3-5-10(6-4-9)7-13-12(17)11-8-14-16-15-11/h3-6,8H,2,7H2,1H3,(H,13,17)(H,14,15,16). The number of nitrogens with zero attached hydrogens (tertiary/aromatic N) is 2. The summed E-state index contributed by atoms with van der Waals surface area (Å²) in [5.41, 5.74) is 2.66.